The van der Waals surface area contributed by atoms with Crippen molar-refractivity contribution in [3.8, 4) is 0 Å². The molecule has 0 heterocycles. The Hall–Kier alpha value is -2.78. The summed E-state index contributed by atoms with van der Waals surface area (Å²) in [4.78, 5) is 0. The van der Waals surface area contributed by atoms with Gasteiger partial charge in [-0.15, -0.1) is 0 Å². The second-order valence-electron chi connectivity index (χ2n) is 6.62. The Morgan fingerprint density at radius 2 is 0.862 bits per heavy atom. The summed E-state index contributed by atoms with van der Waals surface area (Å²) in [6.07, 6.45) is 0. The van der Waals surface area contributed by atoms with Gasteiger partial charge in [-0.1, -0.05) is 84.9 Å². The van der Waals surface area contributed by atoms with Gasteiger partial charge in [-0.3, -0.25) is 9.11 Å². The SMILES string of the molecule is O=S(=O)(O)C(c1cccc2ccccc12)(c1cccc2ccccc12)S(=O)(=O)O. The molecule has 29 heavy (non-hydrogen) atoms. The van der Waals surface area contributed by atoms with E-state index in [1.54, 1.807) is 60.7 Å². The van der Waals surface area contributed by atoms with Gasteiger partial charge in [-0.25, -0.2) is 0 Å². The molecule has 0 radical (unpaired) electrons. The van der Waals surface area contributed by atoms with E-state index in [2.05, 4.69) is 0 Å². The van der Waals surface area contributed by atoms with Gasteiger partial charge in [0.15, 0.2) is 0 Å². The van der Waals surface area contributed by atoms with E-state index >= 15 is 0 Å². The first kappa shape index (κ1) is 19.5. The number of hydrogen-bond acceptors (Lipinski definition) is 4. The summed E-state index contributed by atoms with van der Waals surface area (Å²) >= 11 is 0. The van der Waals surface area contributed by atoms with Crippen LogP contribution in [-0.2, 0) is 24.3 Å². The minimum absolute atomic E-state index is 0.253. The van der Waals surface area contributed by atoms with Gasteiger partial charge in [0.2, 0.25) is 0 Å². The molecule has 0 saturated carbocycles. The third-order valence-corrected chi connectivity index (χ3v) is 8.61. The van der Waals surface area contributed by atoms with Crippen LogP contribution in [0.15, 0.2) is 84.9 Å². The smallest absolute Gasteiger partial charge is 0.284 e. The molecule has 0 aliphatic rings. The molecule has 148 valence electrons. The molecule has 8 heteroatoms. The van der Waals surface area contributed by atoms with Crippen molar-refractivity contribution in [3.63, 3.8) is 0 Å². The van der Waals surface area contributed by atoms with Crippen molar-refractivity contribution in [1.29, 1.82) is 0 Å². The molecule has 0 aliphatic carbocycles. The van der Waals surface area contributed by atoms with E-state index in [0.717, 1.165) is 0 Å². The molecule has 4 aromatic carbocycles. The van der Waals surface area contributed by atoms with Crippen molar-refractivity contribution < 1.29 is 25.9 Å². The minimum Gasteiger partial charge on any atom is -0.284 e. The van der Waals surface area contributed by atoms with E-state index in [-0.39, 0.29) is 21.9 Å². The molecule has 0 amide bonds. The number of benzene rings is 4. The second kappa shape index (κ2) is 6.64. The fourth-order valence-corrected chi connectivity index (χ4v) is 6.75. The van der Waals surface area contributed by atoms with Crippen molar-refractivity contribution in [2.45, 2.75) is 4.08 Å². The predicted octanol–water partition coefficient (Wildman–Crippen LogP) is 3.97. The number of fused-ring (bicyclic) bond motifs is 2. The number of hydrogen-bond donors (Lipinski definition) is 2. The van der Waals surface area contributed by atoms with Crippen LogP contribution in [0.25, 0.3) is 21.5 Å². The second-order valence-corrected chi connectivity index (χ2v) is 10.0. The normalized spacial score (nSPS) is 13.0. The summed E-state index contributed by atoms with van der Waals surface area (Å²) in [5.74, 6) is 0. The standard InChI is InChI=1S/C21H16O6S2/c22-28(23,24)21(29(25,26)27,19-13-5-9-15-7-1-3-11-17(15)19)20-14-6-10-16-8-2-4-12-18(16)20/h1-14H,(H,22,23,24)(H,25,26,27). The highest BCUT2D eigenvalue weighted by Crippen LogP contribution is 2.46. The van der Waals surface area contributed by atoms with Gasteiger partial charge in [0.05, 0.1) is 0 Å². The molecule has 0 bridgehead atoms. The monoisotopic (exact) mass is 428 g/mol. The Kier molecular flexibility index (Phi) is 4.47. The largest absolute Gasteiger partial charge is 0.296 e. The molecule has 0 aliphatic heterocycles. The van der Waals surface area contributed by atoms with E-state index in [0.29, 0.717) is 10.8 Å². The third kappa shape index (κ3) is 2.84. The summed E-state index contributed by atoms with van der Waals surface area (Å²) in [6.45, 7) is 0. The Morgan fingerprint density at radius 3 is 1.24 bits per heavy atom. The van der Waals surface area contributed by atoms with E-state index in [4.69, 9.17) is 0 Å². The lowest BCUT2D eigenvalue weighted by Crippen LogP contribution is -2.44. The van der Waals surface area contributed by atoms with Crippen molar-refractivity contribution in [3.05, 3.63) is 96.1 Å². The van der Waals surface area contributed by atoms with E-state index < -0.39 is 24.3 Å². The number of rotatable bonds is 4. The molecule has 0 spiro atoms. The zero-order chi connectivity index (χ0) is 20.9. The molecule has 0 fully saturated rings. The Bertz CT molecular complexity index is 1330. The fourth-order valence-electron chi connectivity index (χ4n) is 3.86. The third-order valence-electron chi connectivity index (χ3n) is 5.01. The van der Waals surface area contributed by atoms with Crippen molar-refractivity contribution in [2.24, 2.45) is 0 Å². The van der Waals surface area contributed by atoms with Gasteiger partial charge >= 0.3 is 0 Å². The van der Waals surface area contributed by atoms with Crippen molar-refractivity contribution >= 4 is 41.8 Å². The maximum atomic E-state index is 12.8. The Labute approximate surface area is 167 Å². The average molecular weight is 428 g/mol. The van der Waals surface area contributed by atoms with Crippen molar-refractivity contribution in [2.75, 3.05) is 0 Å². The quantitative estimate of drug-likeness (QED) is 0.476. The van der Waals surface area contributed by atoms with Crippen LogP contribution in [0.3, 0.4) is 0 Å². The maximum absolute atomic E-state index is 12.8. The van der Waals surface area contributed by atoms with Crippen LogP contribution in [0.2, 0.25) is 0 Å². The lowest BCUT2D eigenvalue weighted by molar-refractivity contribution is 0.439. The lowest BCUT2D eigenvalue weighted by atomic mass is 9.94. The highest BCUT2D eigenvalue weighted by molar-refractivity contribution is 8.04. The molecule has 0 unspecified atom stereocenters. The minimum atomic E-state index is -5.41. The lowest BCUT2D eigenvalue weighted by Gasteiger charge is -2.30. The van der Waals surface area contributed by atoms with E-state index in [9.17, 15) is 25.9 Å². The van der Waals surface area contributed by atoms with Gasteiger partial charge in [0.1, 0.15) is 0 Å². The topological polar surface area (TPSA) is 109 Å². The molecular weight excluding hydrogens is 412 g/mol. The highest BCUT2D eigenvalue weighted by Gasteiger charge is 2.59. The van der Waals surface area contributed by atoms with Crippen LogP contribution < -0.4 is 0 Å². The zero-order valence-corrected chi connectivity index (χ0v) is 16.6. The molecule has 0 atom stereocenters. The van der Waals surface area contributed by atoms with Crippen LogP contribution >= 0.6 is 0 Å². The van der Waals surface area contributed by atoms with Gasteiger partial charge in [-0.2, -0.15) is 16.8 Å². The van der Waals surface area contributed by atoms with Gasteiger partial charge in [0.25, 0.3) is 24.3 Å². The fraction of sp³-hybridized carbons (Fsp3) is 0.0476. The van der Waals surface area contributed by atoms with E-state index in [1.807, 2.05) is 0 Å². The molecule has 4 rings (SSSR count). The van der Waals surface area contributed by atoms with Crippen molar-refractivity contribution in [1.82, 2.24) is 0 Å². The highest BCUT2D eigenvalue weighted by atomic mass is 32.3. The molecule has 4 aromatic rings. The van der Waals surface area contributed by atoms with Gasteiger partial charge in [-0.05, 0) is 21.5 Å². The maximum Gasteiger partial charge on any atom is 0.296 e. The summed E-state index contributed by atoms with van der Waals surface area (Å²) in [5, 5.41) is 1.67. The summed E-state index contributed by atoms with van der Waals surface area (Å²) < 4.78 is 68.7. The average Bonchev–Trinajstić information content (AvgIpc) is 2.67. The van der Waals surface area contributed by atoms with Crippen LogP contribution in [-0.4, -0.2) is 25.9 Å². The van der Waals surface area contributed by atoms with Crippen LogP contribution in [0.5, 0.6) is 0 Å². The molecule has 0 saturated heterocycles. The molecule has 0 aromatic heterocycles. The van der Waals surface area contributed by atoms with Gasteiger partial charge < -0.3 is 0 Å². The zero-order valence-electron chi connectivity index (χ0n) is 14.9. The van der Waals surface area contributed by atoms with Gasteiger partial charge in [0, 0.05) is 11.1 Å². The molecule has 6 nitrogen and oxygen atoms in total. The molecule has 2 N–H and O–H groups in total. The Morgan fingerprint density at radius 1 is 0.517 bits per heavy atom. The Balaban J connectivity index is 2.33. The van der Waals surface area contributed by atoms with Crippen LogP contribution in [0, 0.1) is 0 Å². The molecular formula is C21H16O6S2. The van der Waals surface area contributed by atoms with Crippen LogP contribution in [0.1, 0.15) is 11.1 Å². The first-order valence-corrected chi connectivity index (χ1v) is 11.5. The first-order chi connectivity index (χ1) is 13.7. The van der Waals surface area contributed by atoms with Crippen LogP contribution in [0.4, 0.5) is 0 Å². The summed E-state index contributed by atoms with van der Waals surface area (Å²) in [7, 11) is -10.8. The van der Waals surface area contributed by atoms with E-state index in [1.165, 1.54) is 24.3 Å². The predicted molar refractivity (Wildman–Crippen MR) is 112 cm³/mol. The summed E-state index contributed by atoms with van der Waals surface area (Å²) in [5.41, 5.74) is -0.506. The first-order valence-electron chi connectivity index (χ1n) is 8.58. The summed E-state index contributed by atoms with van der Waals surface area (Å²) in [6, 6.07) is 22.0.